The Kier molecular flexibility index (Phi) is 5.70. The Hall–Kier alpha value is -2.41. The highest BCUT2D eigenvalue weighted by Gasteiger charge is 2.05. The fourth-order valence-corrected chi connectivity index (χ4v) is 2.89. The van der Waals surface area contributed by atoms with E-state index in [1.165, 1.54) is 4.88 Å². The molecule has 0 bridgehead atoms. The molecule has 122 valence electrons. The van der Waals surface area contributed by atoms with Crippen LogP contribution in [-0.4, -0.2) is 23.9 Å². The van der Waals surface area contributed by atoms with Crippen molar-refractivity contribution in [3.8, 4) is 0 Å². The van der Waals surface area contributed by atoms with Gasteiger partial charge in [-0.2, -0.15) is 0 Å². The molecule has 7 heteroatoms. The summed E-state index contributed by atoms with van der Waals surface area (Å²) in [5, 5.41) is 7.46. The molecule has 4 N–H and O–H groups in total. The third-order valence-electron chi connectivity index (χ3n) is 3.37. The number of carbonyl (C=O) groups excluding carboxylic acids is 1. The molecule has 0 saturated carbocycles. The Bertz CT molecular complexity index is 704. The second-order valence-corrected chi connectivity index (χ2v) is 6.38. The van der Waals surface area contributed by atoms with Crippen molar-refractivity contribution in [3.63, 3.8) is 0 Å². The highest BCUT2D eigenvalue weighted by atomic mass is 32.1. The van der Waals surface area contributed by atoms with Gasteiger partial charge in [-0.25, -0.2) is 4.98 Å². The summed E-state index contributed by atoms with van der Waals surface area (Å²) in [6.07, 6.45) is 0. The lowest BCUT2D eigenvalue weighted by molar-refractivity contribution is 0.1000. The van der Waals surface area contributed by atoms with Gasteiger partial charge >= 0.3 is 0 Å². The first-order valence-electron chi connectivity index (χ1n) is 7.25. The summed E-state index contributed by atoms with van der Waals surface area (Å²) in [6, 6.07) is 7.22. The van der Waals surface area contributed by atoms with Crippen LogP contribution in [0, 0.1) is 13.8 Å². The molecule has 2 aromatic rings. The highest BCUT2D eigenvalue weighted by Crippen LogP contribution is 2.15. The second-order valence-electron chi connectivity index (χ2n) is 5.09. The lowest BCUT2D eigenvalue weighted by Gasteiger charge is -2.11. The summed E-state index contributed by atoms with van der Waals surface area (Å²) >= 11 is 1.68. The number of aliphatic imine (C=N–C) groups is 1. The van der Waals surface area contributed by atoms with Crippen molar-refractivity contribution >= 4 is 23.2 Å². The zero-order valence-electron chi connectivity index (χ0n) is 13.5. The number of nitrogens with one attached hydrogen (secondary N) is 2. The van der Waals surface area contributed by atoms with Crippen molar-refractivity contribution in [2.75, 3.05) is 7.05 Å². The van der Waals surface area contributed by atoms with E-state index < -0.39 is 5.91 Å². The number of hydrogen-bond acceptors (Lipinski definition) is 4. The van der Waals surface area contributed by atoms with Crippen LogP contribution in [0.2, 0.25) is 0 Å². The molecular formula is C16H21N5OS. The quantitative estimate of drug-likeness (QED) is 0.574. The Morgan fingerprint density at radius 2 is 2.04 bits per heavy atom. The number of aromatic nitrogens is 1. The van der Waals surface area contributed by atoms with Gasteiger partial charge in [0.1, 0.15) is 5.01 Å². The van der Waals surface area contributed by atoms with Crippen molar-refractivity contribution in [2.45, 2.75) is 26.9 Å². The summed E-state index contributed by atoms with van der Waals surface area (Å²) in [5.74, 6) is 0.254. The van der Waals surface area contributed by atoms with Gasteiger partial charge in [0, 0.05) is 24.0 Å². The van der Waals surface area contributed by atoms with Crippen molar-refractivity contribution in [1.29, 1.82) is 0 Å². The van der Waals surface area contributed by atoms with Crippen LogP contribution in [0.1, 0.15) is 31.5 Å². The Balaban J connectivity index is 1.90. The van der Waals surface area contributed by atoms with Gasteiger partial charge in [0.05, 0.1) is 12.2 Å². The molecule has 2 rings (SSSR count). The van der Waals surface area contributed by atoms with Crippen LogP contribution in [0.15, 0.2) is 29.3 Å². The van der Waals surface area contributed by atoms with Crippen molar-refractivity contribution in [3.05, 3.63) is 51.0 Å². The first-order valence-corrected chi connectivity index (χ1v) is 8.07. The normalized spacial score (nSPS) is 11.3. The number of primary amides is 1. The van der Waals surface area contributed by atoms with E-state index >= 15 is 0 Å². The number of guanidine groups is 1. The van der Waals surface area contributed by atoms with E-state index in [2.05, 4.69) is 27.5 Å². The van der Waals surface area contributed by atoms with Crippen LogP contribution in [0.5, 0.6) is 0 Å². The molecule has 6 nitrogen and oxygen atoms in total. The molecule has 23 heavy (non-hydrogen) atoms. The number of thiazole rings is 1. The maximum Gasteiger partial charge on any atom is 0.248 e. The van der Waals surface area contributed by atoms with Gasteiger partial charge in [-0.05, 0) is 31.5 Å². The molecule has 0 radical (unpaired) electrons. The number of rotatable bonds is 5. The molecule has 0 aliphatic heterocycles. The molecule has 1 amide bonds. The van der Waals surface area contributed by atoms with E-state index in [1.54, 1.807) is 30.5 Å². The topological polar surface area (TPSA) is 92.4 Å². The Labute approximate surface area is 139 Å². The molecule has 0 spiro atoms. The molecular weight excluding hydrogens is 310 g/mol. The third kappa shape index (κ3) is 4.79. The van der Waals surface area contributed by atoms with Gasteiger partial charge in [0.15, 0.2) is 5.96 Å². The van der Waals surface area contributed by atoms with Crippen LogP contribution in [0.4, 0.5) is 0 Å². The van der Waals surface area contributed by atoms with E-state index in [4.69, 9.17) is 5.73 Å². The lowest BCUT2D eigenvalue weighted by Crippen LogP contribution is -2.36. The first-order chi connectivity index (χ1) is 11.0. The van der Waals surface area contributed by atoms with Gasteiger partial charge in [0.2, 0.25) is 5.91 Å². The fourth-order valence-electron chi connectivity index (χ4n) is 2.02. The van der Waals surface area contributed by atoms with Crippen molar-refractivity contribution < 1.29 is 4.79 Å². The molecule has 1 aromatic carbocycles. The molecule has 0 atom stereocenters. The maximum atomic E-state index is 11.2. The van der Waals surface area contributed by atoms with Gasteiger partial charge in [-0.3, -0.25) is 9.79 Å². The second kappa shape index (κ2) is 7.73. The number of nitrogens with zero attached hydrogens (tertiary/aromatic N) is 2. The molecule has 0 aliphatic carbocycles. The first kappa shape index (κ1) is 17.0. The predicted molar refractivity (Wildman–Crippen MR) is 93.6 cm³/mol. The van der Waals surface area contributed by atoms with Gasteiger partial charge < -0.3 is 16.4 Å². The summed E-state index contributed by atoms with van der Waals surface area (Å²) in [6.45, 7) is 5.25. The van der Waals surface area contributed by atoms with Crippen LogP contribution in [0.25, 0.3) is 0 Å². The molecule has 1 aromatic heterocycles. The third-order valence-corrected chi connectivity index (χ3v) is 4.45. The molecule has 0 unspecified atom stereocenters. The van der Waals surface area contributed by atoms with E-state index in [0.29, 0.717) is 24.6 Å². The Morgan fingerprint density at radius 1 is 1.30 bits per heavy atom. The zero-order valence-corrected chi connectivity index (χ0v) is 14.3. The largest absolute Gasteiger partial charge is 0.366 e. The number of hydrogen-bond donors (Lipinski definition) is 3. The van der Waals surface area contributed by atoms with Gasteiger partial charge in [-0.1, -0.05) is 12.1 Å². The number of carbonyl (C=O) groups is 1. The summed E-state index contributed by atoms with van der Waals surface area (Å²) in [4.78, 5) is 21.1. The standard InChI is InChI=1S/C16H21N5OS/c1-10-11(2)23-14(21-10)9-20-16(18-3)19-8-12-5-4-6-13(7-12)15(17)22/h4-7H,8-9H2,1-3H3,(H2,17,22)(H2,18,19,20). The fraction of sp³-hybridized carbons (Fsp3) is 0.312. The minimum absolute atomic E-state index is 0.427. The number of nitrogens with two attached hydrogens (primary N) is 1. The van der Waals surface area contributed by atoms with Crippen molar-refractivity contribution in [2.24, 2.45) is 10.7 Å². The molecule has 0 aliphatic rings. The summed E-state index contributed by atoms with van der Waals surface area (Å²) in [7, 11) is 1.72. The number of aryl methyl sites for hydroxylation is 2. The monoisotopic (exact) mass is 331 g/mol. The number of benzene rings is 1. The van der Waals surface area contributed by atoms with Gasteiger partial charge in [-0.15, -0.1) is 11.3 Å². The number of amides is 1. The highest BCUT2D eigenvalue weighted by molar-refractivity contribution is 7.11. The molecule has 1 heterocycles. The SMILES string of the molecule is CN=C(NCc1cccc(C(N)=O)c1)NCc1nc(C)c(C)s1. The van der Waals surface area contributed by atoms with Crippen LogP contribution >= 0.6 is 11.3 Å². The van der Waals surface area contributed by atoms with E-state index in [1.807, 2.05) is 19.1 Å². The van der Waals surface area contributed by atoms with Crippen LogP contribution in [0.3, 0.4) is 0 Å². The Morgan fingerprint density at radius 3 is 2.65 bits per heavy atom. The van der Waals surface area contributed by atoms with Crippen LogP contribution in [-0.2, 0) is 13.1 Å². The molecule has 0 saturated heterocycles. The summed E-state index contributed by atoms with van der Waals surface area (Å²) in [5.41, 5.74) is 7.82. The lowest BCUT2D eigenvalue weighted by atomic mass is 10.1. The average molecular weight is 331 g/mol. The maximum absolute atomic E-state index is 11.2. The minimum atomic E-state index is -0.427. The van der Waals surface area contributed by atoms with Crippen molar-refractivity contribution in [1.82, 2.24) is 15.6 Å². The average Bonchev–Trinajstić information content (AvgIpc) is 2.86. The molecule has 0 fully saturated rings. The predicted octanol–water partition coefficient (Wildman–Crippen LogP) is 1.72. The van der Waals surface area contributed by atoms with Crippen LogP contribution < -0.4 is 16.4 Å². The van der Waals surface area contributed by atoms with E-state index in [0.717, 1.165) is 16.3 Å². The van der Waals surface area contributed by atoms with E-state index in [9.17, 15) is 4.79 Å². The smallest absolute Gasteiger partial charge is 0.248 e. The minimum Gasteiger partial charge on any atom is -0.366 e. The van der Waals surface area contributed by atoms with Gasteiger partial charge in [0.25, 0.3) is 0 Å². The summed E-state index contributed by atoms with van der Waals surface area (Å²) < 4.78 is 0. The van der Waals surface area contributed by atoms with E-state index in [-0.39, 0.29) is 0 Å². The zero-order chi connectivity index (χ0) is 16.8.